The standard InChI is InChI=1S/C15H18N2O2/c18-13-11-15(9-5-2-6-10-15)14(19)17(13)16-12-7-3-1-4-8-12/h1,3-4,7-8,16H,2,5-6,9-11H2. The van der Waals surface area contributed by atoms with Gasteiger partial charge in [0.15, 0.2) is 0 Å². The number of nitrogens with one attached hydrogen (secondary N) is 1. The van der Waals surface area contributed by atoms with Crippen LogP contribution in [0, 0.1) is 5.41 Å². The number of hydrazine groups is 1. The summed E-state index contributed by atoms with van der Waals surface area (Å²) in [6, 6.07) is 9.37. The van der Waals surface area contributed by atoms with Crippen molar-refractivity contribution in [2.24, 2.45) is 5.41 Å². The SMILES string of the molecule is O=C1CC2(CCCCC2)C(=O)N1Nc1ccccc1. The number of carbonyl (C=O) groups is 2. The first kappa shape index (κ1) is 12.2. The van der Waals surface area contributed by atoms with Crippen molar-refractivity contribution in [1.82, 2.24) is 5.01 Å². The molecule has 1 N–H and O–H groups in total. The molecule has 2 amide bonds. The Bertz CT molecular complexity index is 492. The highest BCUT2D eigenvalue weighted by Gasteiger charge is 2.51. The third-order valence-corrected chi connectivity index (χ3v) is 4.22. The molecule has 1 aromatic rings. The maximum Gasteiger partial charge on any atom is 0.254 e. The van der Waals surface area contributed by atoms with Crippen LogP contribution in [0.1, 0.15) is 38.5 Å². The third-order valence-electron chi connectivity index (χ3n) is 4.22. The summed E-state index contributed by atoms with van der Waals surface area (Å²) in [5.41, 5.74) is 3.30. The summed E-state index contributed by atoms with van der Waals surface area (Å²) in [6.45, 7) is 0. The van der Waals surface area contributed by atoms with Gasteiger partial charge in [0.25, 0.3) is 5.91 Å². The van der Waals surface area contributed by atoms with E-state index in [0.29, 0.717) is 6.42 Å². The average Bonchev–Trinajstić information content (AvgIpc) is 2.66. The molecule has 4 nitrogen and oxygen atoms in total. The fourth-order valence-corrected chi connectivity index (χ4v) is 3.17. The highest BCUT2D eigenvalue weighted by atomic mass is 16.2. The molecule has 1 aliphatic carbocycles. The third kappa shape index (κ3) is 2.11. The maximum absolute atomic E-state index is 12.5. The molecule has 0 atom stereocenters. The van der Waals surface area contributed by atoms with Crippen LogP contribution >= 0.6 is 0 Å². The van der Waals surface area contributed by atoms with E-state index < -0.39 is 5.41 Å². The highest BCUT2D eigenvalue weighted by molar-refractivity contribution is 6.06. The maximum atomic E-state index is 12.5. The normalized spacial score (nSPS) is 22.0. The zero-order valence-corrected chi connectivity index (χ0v) is 10.9. The summed E-state index contributed by atoms with van der Waals surface area (Å²) in [4.78, 5) is 24.6. The molecule has 0 aromatic heterocycles. The molecule has 0 radical (unpaired) electrons. The first-order chi connectivity index (χ1) is 9.21. The first-order valence-corrected chi connectivity index (χ1v) is 6.90. The highest BCUT2D eigenvalue weighted by Crippen LogP contribution is 2.45. The van der Waals surface area contributed by atoms with E-state index in [1.807, 2.05) is 30.3 Å². The Hall–Kier alpha value is -1.84. The molecular formula is C15H18N2O2. The van der Waals surface area contributed by atoms with E-state index in [1.165, 1.54) is 11.4 Å². The van der Waals surface area contributed by atoms with Gasteiger partial charge < -0.3 is 0 Å². The number of hydrogen-bond acceptors (Lipinski definition) is 3. The van der Waals surface area contributed by atoms with E-state index in [1.54, 1.807) is 0 Å². The van der Waals surface area contributed by atoms with Crippen molar-refractivity contribution in [2.45, 2.75) is 38.5 Å². The predicted molar refractivity (Wildman–Crippen MR) is 72.1 cm³/mol. The van der Waals surface area contributed by atoms with Gasteiger partial charge in [-0.05, 0) is 25.0 Å². The Balaban J connectivity index is 1.79. The minimum atomic E-state index is -0.420. The van der Waals surface area contributed by atoms with Crippen LogP contribution in [0.4, 0.5) is 5.69 Å². The van der Waals surface area contributed by atoms with Crippen LogP contribution < -0.4 is 5.43 Å². The molecule has 0 unspecified atom stereocenters. The number of hydrogen-bond donors (Lipinski definition) is 1. The molecule has 1 aliphatic heterocycles. The molecule has 3 rings (SSSR count). The van der Waals surface area contributed by atoms with E-state index in [-0.39, 0.29) is 11.8 Å². The average molecular weight is 258 g/mol. The van der Waals surface area contributed by atoms with Crippen LogP contribution in [0.15, 0.2) is 30.3 Å². The summed E-state index contributed by atoms with van der Waals surface area (Å²) >= 11 is 0. The molecule has 1 saturated carbocycles. The lowest BCUT2D eigenvalue weighted by Crippen LogP contribution is -2.40. The number of carbonyl (C=O) groups excluding carboxylic acids is 2. The molecule has 2 fully saturated rings. The van der Waals surface area contributed by atoms with Gasteiger partial charge in [0.05, 0.1) is 11.1 Å². The Labute approximate surface area is 112 Å². The van der Waals surface area contributed by atoms with Crippen LogP contribution in [0.2, 0.25) is 0 Å². The summed E-state index contributed by atoms with van der Waals surface area (Å²) in [7, 11) is 0. The fourth-order valence-electron chi connectivity index (χ4n) is 3.17. The number of anilines is 1. The van der Waals surface area contributed by atoms with Crippen molar-refractivity contribution in [3.8, 4) is 0 Å². The van der Waals surface area contributed by atoms with E-state index in [4.69, 9.17) is 0 Å². The van der Waals surface area contributed by atoms with E-state index >= 15 is 0 Å². The molecule has 1 heterocycles. The number of amides is 2. The molecular weight excluding hydrogens is 240 g/mol. The van der Waals surface area contributed by atoms with Gasteiger partial charge >= 0.3 is 0 Å². The second-order valence-corrected chi connectivity index (χ2v) is 5.53. The lowest BCUT2D eigenvalue weighted by Gasteiger charge is -2.30. The Morgan fingerprint density at radius 3 is 2.37 bits per heavy atom. The molecule has 0 bridgehead atoms. The van der Waals surface area contributed by atoms with Gasteiger partial charge in [-0.3, -0.25) is 15.0 Å². The number of benzene rings is 1. The van der Waals surface area contributed by atoms with Gasteiger partial charge in [0.2, 0.25) is 5.91 Å². The van der Waals surface area contributed by atoms with Gasteiger partial charge in [-0.15, -0.1) is 0 Å². The molecule has 1 saturated heterocycles. The minimum absolute atomic E-state index is 0.0407. The fraction of sp³-hybridized carbons (Fsp3) is 0.467. The summed E-state index contributed by atoms with van der Waals surface area (Å²) < 4.78 is 0. The molecule has 1 aromatic carbocycles. The number of para-hydroxylation sites is 1. The monoisotopic (exact) mass is 258 g/mol. The van der Waals surface area contributed by atoms with Gasteiger partial charge in [0.1, 0.15) is 0 Å². The Morgan fingerprint density at radius 2 is 1.68 bits per heavy atom. The first-order valence-electron chi connectivity index (χ1n) is 6.90. The predicted octanol–water partition coefficient (Wildman–Crippen LogP) is 2.72. The molecule has 2 aliphatic rings. The molecule has 100 valence electrons. The van der Waals surface area contributed by atoms with Gasteiger partial charge in [-0.1, -0.05) is 37.5 Å². The van der Waals surface area contributed by atoms with Crippen molar-refractivity contribution in [3.05, 3.63) is 30.3 Å². The molecule has 4 heteroatoms. The van der Waals surface area contributed by atoms with Gasteiger partial charge in [-0.2, -0.15) is 5.01 Å². The van der Waals surface area contributed by atoms with Crippen molar-refractivity contribution < 1.29 is 9.59 Å². The van der Waals surface area contributed by atoms with Crippen LogP contribution in [0.3, 0.4) is 0 Å². The topological polar surface area (TPSA) is 49.4 Å². The Morgan fingerprint density at radius 1 is 1.00 bits per heavy atom. The smallest absolute Gasteiger partial charge is 0.254 e. The summed E-state index contributed by atoms with van der Waals surface area (Å²) in [6.07, 6.45) is 5.35. The van der Waals surface area contributed by atoms with Crippen molar-refractivity contribution in [2.75, 3.05) is 5.43 Å². The van der Waals surface area contributed by atoms with E-state index in [9.17, 15) is 9.59 Å². The minimum Gasteiger partial charge on any atom is -0.289 e. The zero-order chi connectivity index (χ0) is 13.3. The lowest BCUT2D eigenvalue weighted by molar-refractivity contribution is -0.140. The van der Waals surface area contributed by atoms with Crippen molar-refractivity contribution in [3.63, 3.8) is 0 Å². The number of imide groups is 1. The van der Waals surface area contributed by atoms with Gasteiger partial charge in [0, 0.05) is 6.42 Å². The number of nitrogens with zero attached hydrogens (tertiary/aromatic N) is 1. The van der Waals surface area contributed by atoms with Crippen LogP contribution in [-0.2, 0) is 9.59 Å². The second kappa shape index (κ2) is 4.68. The van der Waals surface area contributed by atoms with E-state index in [0.717, 1.165) is 31.4 Å². The van der Waals surface area contributed by atoms with Crippen LogP contribution in [0.5, 0.6) is 0 Å². The quantitative estimate of drug-likeness (QED) is 0.830. The van der Waals surface area contributed by atoms with Crippen LogP contribution in [0.25, 0.3) is 0 Å². The van der Waals surface area contributed by atoms with Crippen molar-refractivity contribution >= 4 is 17.5 Å². The summed E-state index contributed by atoms with van der Waals surface area (Å²) in [5, 5.41) is 1.22. The zero-order valence-electron chi connectivity index (χ0n) is 10.9. The van der Waals surface area contributed by atoms with Gasteiger partial charge in [-0.25, -0.2) is 0 Å². The largest absolute Gasteiger partial charge is 0.289 e. The van der Waals surface area contributed by atoms with E-state index in [2.05, 4.69) is 5.43 Å². The Kier molecular flexibility index (Phi) is 3.01. The van der Waals surface area contributed by atoms with Crippen molar-refractivity contribution in [1.29, 1.82) is 0 Å². The molecule has 1 spiro atoms. The summed E-state index contributed by atoms with van der Waals surface area (Å²) in [5.74, 6) is -0.142. The lowest BCUT2D eigenvalue weighted by atomic mass is 9.73. The van der Waals surface area contributed by atoms with Crippen LogP contribution in [-0.4, -0.2) is 16.8 Å². The second-order valence-electron chi connectivity index (χ2n) is 5.53. The number of rotatable bonds is 2. The molecule has 19 heavy (non-hydrogen) atoms.